The van der Waals surface area contributed by atoms with Crippen LogP contribution in [0.2, 0.25) is 0 Å². The van der Waals surface area contributed by atoms with Gasteiger partial charge in [-0.15, -0.1) is 0 Å². The Kier molecular flexibility index (Phi) is 7.45. The summed E-state index contributed by atoms with van der Waals surface area (Å²) in [7, 11) is 3.01. The van der Waals surface area contributed by atoms with Gasteiger partial charge >= 0.3 is 0 Å². The third kappa shape index (κ3) is 5.99. The highest BCUT2D eigenvalue weighted by molar-refractivity contribution is 6.10. The Morgan fingerprint density at radius 2 is 1.58 bits per heavy atom. The van der Waals surface area contributed by atoms with Crippen molar-refractivity contribution in [2.75, 3.05) is 24.9 Å². The van der Waals surface area contributed by atoms with Gasteiger partial charge in [0.25, 0.3) is 11.8 Å². The molecule has 2 amide bonds. The molecule has 3 aromatic rings. The minimum absolute atomic E-state index is 0.0909. The maximum atomic E-state index is 12.6. The summed E-state index contributed by atoms with van der Waals surface area (Å²) in [5, 5.41) is 15.0. The van der Waals surface area contributed by atoms with Gasteiger partial charge in [-0.1, -0.05) is 29.8 Å². The molecule has 7 heteroatoms. The molecule has 0 bridgehead atoms. The van der Waals surface area contributed by atoms with Gasteiger partial charge in [0.05, 0.1) is 14.2 Å². The van der Waals surface area contributed by atoms with Gasteiger partial charge in [-0.2, -0.15) is 5.26 Å². The lowest BCUT2D eigenvalue weighted by molar-refractivity contribution is -0.112. The largest absolute Gasteiger partial charge is 0.493 e. The molecule has 0 saturated heterocycles. The summed E-state index contributed by atoms with van der Waals surface area (Å²) < 4.78 is 10.4. The van der Waals surface area contributed by atoms with E-state index >= 15 is 0 Å². The van der Waals surface area contributed by atoms with Crippen molar-refractivity contribution in [3.05, 3.63) is 89.0 Å². The van der Waals surface area contributed by atoms with Crippen molar-refractivity contribution in [2.24, 2.45) is 0 Å². The van der Waals surface area contributed by atoms with Gasteiger partial charge in [-0.05, 0) is 55.0 Å². The molecule has 166 valence electrons. The number of carbonyl (C=O) groups excluding carboxylic acids is 2. The van der Waals surface area contributed by atoms with Crippen molar-refractivity contribution in [3.8, 4) is 17.6 Å². The van der Waals surface area contributed by atoms with Crippen molar-refractivity contribution in [1.82, 2.24) is 0 Å². The molecule has 33 heavy (non-hydrogen) atoms. The predicted molar refractivity (Wildman–Crippen MR) is 127 cm³/mol. The van der Waals surface area contributed by atoms with Crippen molar-refractivity contribution >= 4 is 29.3 Å². The van der Waals surface area contributed by atoms with Crippen LogP contribution in [0.25, 0.3) is 6.08 Å². The van der Waals surface area contributed by atoms with Gasteiger partial charge in [-0.3, -0.25) is 9.59 Å². The van der Waals surface area contributed by atoms with Crippen LogP contribution in [-0.2, 0) is 4.79 Å². The molecule has 0 atom stereocenters. The molecule has 0 unspecified atom stereocenters. The molecule has 0 radical (unpaired) electrons. The van der Waals surface area contributed by atoms with E-state index in [4.69, 9.17) is 9.47 Å². The van der Waals surface area contributed by atoms with E-state index in [0.717, 1.165) is 5.56 Å². The number of anilines is 2. The molecule has 3 aromatic carbocycles. The average Bonchev–Trinajstić information content (AvgIpc) is 2.83. The smallest absolute Gasteiger partial charge is 0.266 e. The van der Waals surface area contributed by atoms with Crippen LogP contribution in [-0.4, -0.2) is 26.0 Å². The molecule has 0 aliphatic carbocycles. The van der Waals surface area contributed by atoms with Crippen LogP contribution in [0.15, 0.2) is 72.3 Å². The van der Waals surface area contributed by atoms with Crippen LogP contribution >= 0.6 is 0 Å². The number of nitrogens with one attached hydrogen (secondary N) is 2. The highest BCUT2D eigenvalue weighted by Gasteiger charge is 2.12. The summed E-state index contributed by atoms with van der Waals surface area (Å²) in [6.07, 6.45) is 1.46. The molecular weight excluding hydrogens is 418 g/mol. The molecule has 0 fully saturated rings. The molecule has 3 rings (SSSR count). The van der Waals surface area contributed by atoms with Gasteiger partial charge in [0, 0.05) is 23.0 Å². The number of hydrogen-bond donors (Lipinski definition) is 2. The first-order chi connectivity index (χ1) is 15.9. The molecule has 0 aromatic heterocycles. The normalized spacial score (nSPS) is 10.7. The fourth-order valence-electron chi connectivity index (χ4n) is 3.04. The first-order valence-corrected chi connectivity index (χ1v) is 10.1. The van der Waals surface area contributed by atoms with E-state index in [0.29, 0.717) is 34.0 Å². The number of amides is 2. The van der Waals surface area contributed by atoms with Gasteiger partial charge < -0.3 is 20.1 Å². The van der Waals surface area contributed by atoms with E-state index in [9.17, 15) is 14.9 Å². The Balaban J connectivity index is 1.75. The first-order valence-electron chi connectivity index (χ1n) is 10.1. The van der Waals surface area contributed by atoms with E-state index in [-0.39, 0.29) is 11.5 Å². The second-order valence-corrected chi connectivity index (χ2v) is 7.14. The van der Waals surface area contributed by atoms with Crippen LogP contribution in [0.4, 0.5) is 11.4 Å². The Labute approximate surface area is 192 Å². The number of ether oxygens (including phenoxy) is 2. The van der Waals surface area contributed by atoms with E-state index in [1.54, 1.807) is 54.6 Å². The number of nitrogens with zero attached hydrogens (tertiary/aromatic N) is 1. The van der Waals surface area contributed by atoms with E-state index in [1.807, 2.05) is 25.1 Å². The van der Waals surface area contributed by atoms with E-state index < -0.39 is 5.91 Å². The summed E-state index contributed by atoms with van der Waals surface area (Å²) in [5.41, 5.74) is 3.11. The fraction of sp³-hybridized carbons (Fsp3) is 0.115. The summed E-state index contributed by atoms with van der Waals surface area (Å²) in [6, 6.07) is 21.0. The number of nitriles is 1. The standard InChI is InChI=1S/C26H23N3O4/c1-17-7-9-19(10-8-17)25(30)28-21-6-4-5-18(14-21)13-20(16-27)26(31)29-22-11-12-23(32-2)24(15-22)33-3/h4-15H,1-3H3,(H,28,30)(H,29,31)/b20-13+. The number of rotatable bonds is 7. The highest BCUT2D eigenvalue weighted by Crippen LogP contribution is 2.30. The number of benzene rings is 3. The quantitative estimate of drug-likeness (QED) is 0.405. The number of methoxy groups -OCH3 is 2. The number of hydrogen-bond acceptors (Lipinski definition) is 5. The SMILES string of the molecule is COc1ccc(NC(=O)/C(C#N)=C/c2cccc(NC(=O)c3ccc(C)cc3)c2)cc1OC. The van der Waals surface area contributed by atoms with Gasteiger partial charge in [0.1, 0.15) is 11.6 Å². The van der Waals surface area contributed by atoms with Gasteiger partial charge in [0.2, 0.25) is 0 Å². The molecular formula is C26H23N3O4. The first kappa shape index (κ1) is 23.1. The van der Waals surface area contributed by atoms with Crippen LogP contribution < -0.4 is 20.1 Å². The molecule has 2 N–H and O–H groups in total. The zero-order valence-corrected chi connectivity index (χ0v) is 18.5. The molecule has 0 spiro atoms. The lowest BCUT2D eigenvalue weighted by atomic mass is 10.1. The predicted octanol–water partition coefficient (Wildman–Crippen LogP) is 4.81. The van der Waals surface area contributed by atoms with Crippen LogP contribution in [0.1, 0.15) is 21.5 Å². The average molecular weight is 441 g/mol. The van der Waals surface area contributed by atoms with E-state index in [1.165, 1.54) is 20.3 Å². The Hall–Kier alpha value is -4.57. The van der Waals surface area contributed by atoms with Crippen LogP contribution in [0.5, 0.6) is 11.5 Å². The number of carbonyl (C=O) groups is 2. The molecule has 0 aliphatic rings. The Morgan fingerprint density at radius 3 is 2.24 bits per heavy atom. The minimum atomic E-state index is -0.571. The third-order valence-electron chi connectivity index (χ3n) is 4.78. The van der Waals surface area contributed by atoms with Crippen molar-refractivity contribution in [1.29, 1.82) is 5.26 Å². The van der Waals surface area contributed by atoms with Crippen molar-refractivity contribution in [2.45, 2.75) is 6.92 Å². The lowest BCUT2D eigenvalue weighted by Crippen LogP contribution is -2.13. The van der Waals surface area contributed by atoms with E-state index in [2.05, 4.69) is 10.6 Å². The second kappa shape index (κ2) is 10.6. The highest BCUT2D eigenvalue weighted by atomic mass is 16.5. The Bertz CT molecular complexity index is 1240. The maximum absolute atomic E-state index is 12.6. The molecule has 0 saturated carbocycles. The van der Waals surface area contributed by atoms with Crippen molar-refractivity contribution in [3.63, 3.8) is 0 Å². The Morgan fingerprint density at radius 1 is 0.879 bits per heavy atom. The molecule has 7 nitrogen and oxygen atoms in total. The zero-order valence-electron chi connectivity index (χ0n) is 18.5. The second-order valence-electron chi connectivity index (χ2n) is 7.14. The topological polar surface area (TPSA) is 100 Å². The maximum Gasteiger partial charge on any atom is 0.266 e. The van der Waals surface area contributed by atoms with Crippen LogP contribution in [0.3, 0.4) is 0 Å². The summed E-state index contributed by atoms with van der Waals surface area (Å²) in [4.78, 5) is 25.1. The lowest BCUT2D eigenvalue weighted by Gasteiger charge is -2.10. The van der Waals surface area contributed by atoms with Crippen molar-refractivity contribution < 1.29 is 19.1 Å². The minimum Gasteiger partial charge on any atom is -0.493 e. The summed E-state index contributed by atoms with van der Waals surface area (Å²) in [6.45, 7) is 1.95. The summed E-state index contributed by atoms with van der Waals surface area (Å²) in [5.74, 6) is 0.160. The van der Waals surface area contributed by atoms with Gasteiger partial charge in [-0.25, -0.2) is 0 Å². The zero-order chi connectivity index (χ0) is 23.8. The third-order valence-corrected chi connectivity index (χ3v) is 4.78. The fourth-order valence-corrected chi connectivity index (χ4v) is 3.04. The molecule has 0 aliphatic heterocycles. The monoisotopic (exact) mass is 441 g/mol. The molecule has 0 heterocycles. The summed E-state index contributed by atoms with van der Waals surface area (Å²) >= 11 is 0. The van der Waals surface area contributed by atoms with Gasteiger partial charge in [0.15, 0.2) is 11.5 Å². The number of aryl methyl sites for hydroxylation is 1. The van der Waals surface area contributed by atoms with Crippen LogP contribution in [0, 0.1) is 18.3 Å².